The maximum Gasteiger partial charge on any atom is 0.422 e. The lowest BCUT2D eigenvalue weighted by molar-refractivity contribution is -0.153. The van der Waals surface area contributed by atoms with Crippen LogP contribution in [0.2, 0.25) is 0 Å². The minimum Gasteiger partial charge on any atom is -0.484 e. The average molecular weight is 398 g/mol. The number of aryl methyl sites for hydroxylation is 2. The van der Waals surface area contributed by atoms with E-state index in [0.29, 0.717) is 42.1 Å². The first-order valence-corrected chi connectivity index (χ1v) is 9.90. The summed E-state index contributed by atoms with van der Waals surface area (Å²) >= 11 is 0. The SMILES string of the molecule is Cc1cc(CN(C)C(=O)CC2CC3CCC(C2)N3)cc(C)c1OCC(F)(F)F. The topological polar surface area (TPSA) is 41.6 Å². The van der Waals surface area contributed by atoms with Gasteiger partial charge >= 0.3 is 6.18 Å². The van der Waals surface area contributed by atoms with Gasteiger partial charge in [-0.1, -0.05) is 12.1 Å². The van der Waals surface area contributed by atoms with Crippen LogP contribution in [0.3, 0.4) is 0 Å². The van der Waals surface area contributed by atoms with Gasteiger partial charge < -0.3 is 15.0 Å². The molecule has 2 aliphatic heterocycles. The lowest BCUT2D eigenvalue weighted by Gasteiger charge is -2.30. The summed E-state index contributed by atoms with van der Waals surface area (Å²) in [6.45, 7) is 2.60. The van der Waals surface area contributed by atoms with Crippen LogP contribution >= 0.6 is 0 Å². The Morgan fingerprint density at radius 3 is 2.29 bits per heavy atom. The van der Waals surface area contributed by atoms with Crippen LogP contribution in [0.5, 0.6) is 5.75 Å². The first kappa shape index (κ1) is 21.0. The number of hydrogen-bond acceptors (Lipinski definition) is 3. The highest BCUT2D eigenvalue weighted by atomic mass is 19.4. The molecule has 2 bridgehead atoms. The standard InChI is InChI=1S/C21H29F3N2O2/c1-13-6-16(7-14(2)20(13)28-12-21(22,23)24)11-26(3)19(27)10-15-8-17-4-5-18(9-15)25-17/h6-7,15,17-18,25H,4-5,8-12H2,1-3H3. The van der Waals surface area contributed by atoms with Crippen molar-refractivity contribution in [3.05, 3.63) is 28.8 Å². The quantitative estimate of drug-likeness (QED) is 0.784. The predicted octanol–water partition coefficient (Wildman–Crippen LogP) is 4.12. The van der Waals surface area contributed by atoms with Crippen LogP contribution in [0.1, 0.15) is 48.8 Å². The highest BCUT2D eigenvalue weighted by Crippen LogP contribution is 2.33. The van der Waals surface area contributed by atoms with E-state index in [2.05, 4.69) is 5.32 Å². The van der Waals surface area contributed by atoms with Crippen LogP contribution in [0.4, 0.5) is 13.2 Å². The van der Waals surface area contributed by atoms with Gasteiger partial charge in [-0.15, -0.1) is 0 Å². The molecule has 1 amide bonds. The summed E-state index contributed by atoms with van der Waals surface area (Å²) in [6.07, 6.45) is 0.770. The maximum absolute atomic E-state index is 12.7. The fraction of sp³-hybridized carbons (Fsp3) is 0.667. The molecule has 3 rings (SSSR count). The number of ether oxygens (including phenoxy) is 1. The molecule has 1 aromatic carbocycles. The Balaban J connectivity index is 1.57. The first-order chi connectivity index (χ1) is 13.1. The summed E-state index contributed by atoms with van der Waals surface area (Å²) in [5.41, 5.74) is 2.20. The molecule has 2 atom stereocenters. The third kappa shape index (κ3) is 5.40. The molecule has 7 heteroatoms. The average Bonchev–Trinajstić information content (AvgIpc) is 2.91. The van der Waals surface area contributed by atoms with Gasteiger partial charge in [0.15, 0.2) is 6.61 Å². The fourth-order valence-corrected chi connectivity index (χ4v) is 4.62. The van der Waals surface area contributed by atoms with Crippen LogP contribution in [-0.4, -0.2) is 42.7 Å². The van der Waals surface area contributed by atoms with Gasteiger partial charge in [0.1, 0.15) is 5.75 Å². The first-order valence-electron chi connectivity index (χ1n) is 9.90. The molecular weight excluding hydrogens is 369 g/mol. The molecule has 2 unspecified atom stereocenters. The molecule has 2 heterocycles. The molecular formula is C21H29F3N2O2. The van der Waals surface area contributed by atoms with Crippen LogP contribution in [0, 0.1) is 19.8 Å². The Morgan fingerprint density at radius 1 is 1.18 bits per heavy atom. The second-order valence-electron chi connectivity index (χ2n) is 8.39. The zero-order valence-corrected chi connectivity index (χ0v) is 16.7. The smallest absolute Gasteiger partial charge is 0.422 e. The molecule has 4 nitrogen and oxygen atoms in total. The van der Waals surface area contributed by atoms with Gasteiger partial charge in [-0.05, 0) is 62.1 Å². The van der Waals surface area contributed by atoms with Gasteiger partial charge in [-0.3, -0.25) is 4.79 Å². The second-order valence-corrected chi connectivity index (χ2v) is 8.39. The molecule has 1 N–H and O–H groups in total. The van der Waals surface area contributed by atoms with Gasteiger partial charge in [0.25, 0.3) is 0 Å². The van der Waals surface area contributed by atoms with Gasteiger partial charge in [-0.25, -0.2) is 0 Å². The van der Waals surface area contributed by atoms with Gasteiger partial charge in [-0.2, -0.15) is 13.2 Å². The van der Waals surface area contributed by atoms with E-state index < -0.39 is 12.8 Å². The molecule has 0 aliphatic carbocycles. The minimum atomic E-state index is -4.36. The van der Waals surface area contributed by atoms with Crippen molar-refractivity contribution in [2.75, 3.05) is 13.7 Å². The summed E-state index contributed by atoms with van der Waals surface area (Å²) in [6, 6.07) is 4.73. The third-order valence-electron chi connectivity index (χ3n) is 5.78. The van der Waals surface area contributed by atoms with Crippen molar-refractivity contribution in [2.45, 2.75) is 70.8 Å². The molecule has 0 aromatic heterocycles. The number of benzene rings is 1. The lowest BCUT2D eigenvalue weighted by atomic mass is 9.89. The maximum atomic E-state index is 12.7. The summed E-state index contributed by atoms with van der Waals surface area (Å²) in [5, 5.41) is 3.59. The number of alkyl halides is 3. The van der Waals surface area contributed by atoms with Crippen molar-refractivity contribution >= 4 is 5.91 Å². The zero-order chi connectivity index (χ0) is 20.5. The van der Waals surface area contributed by atoms with Gasteiger partial charge in [0.2, 0.25) is 5.91 Å². The van der Waals surface area contributed by atoms with Crippen molar-refractivity contribution in [3.8, 4) is 5.75 Å². The largest absolute Gasteiger partial charge is 0.484 e. The third-order valence-corrected chi connectivity index (χ3v) is 5.78. The summed E-state index contributed by atoms with van der Waals surface area (Å²) in [7, 11) is 1.79. The molecule has 0 spiro atoms. The van der Waals surface area contributed by atoms with E-state index in [1.165, 1.54) is 12.8 Å². The fourth-order valence-electron chi connectivity index (χ4n) is 4.62. The molecule has 156 valence electrons. The van der Waals surface area contributed by atoms with E-state index in [0.717, 1.165) is 18.4 Å². The Bertz CT molecular complexity index is 685. The van der Waals surface area contributed by atoms with Crippen molar-refractivity contribution in [3.63, 3.8) is 0 Å². The van der Waals surface area contributed by atoms with E-state index in [1.54, 1.807) is 37.9 Å². The monoisotopic (exact) mass is 398 g/mol. The molecule has 0 saturated carbocycles. The second kappa shape index (κ2) is 8.31. The number of rotatable bonds is 6. The number of halogens is 3. The molecule has 1 aromatic rings. The summed E-state index contributed by atoms with van der Waals surface area (Å²) in [5.74, 6) is 0.828. The summed E-state index contributed by atoms with van der Waals surface area (Å²) < 4.78 is 42.2. The Morgan fingerprint density at radius 2 is 1.75 bits per heavy atom. The minimum absolute atomic E-state index is 0.124. The van der Waals surface area contributed by atoms with E-state index >= 15 is 0 Å². The number of fused-ring (bicyclic) bond motifs is 2. The van der Waals surface area contributed by atoms with Crippen molar-refractivity contribution in [2.24, 2.45) is 5.92 Å². The number of piperidine rings is 1. The molecule has 2 aliphatic rings. The van der Waals surface area contributed by atoms with E-state index in [9.17, 15) is 18.0 Å². The molecule has 28 heavy (non-hydrogen) atoms. The van der Waals surface area contributed by atoms with Crippen LogP contribution < -0.4 is 10.1 Å². The molecule has 0 radical (unpaired) electrons. The van der Waals surface area contributed by atoms with E-state index in [-0.39, 0.29) is 11.7 Å². The highest BCUT2D eigenvalue weighted by molar-refractivity contribution is 5.76. The number of amides is 1. The van der Waals surface area contributed by atoms with Crippen molar-refractivity contribution in [1.82, 2.24) is 10.2 Å². The van der Waals surface area contributed by atoms with Gasteiger partial charge in [0.05, 0.1) is 0 Å². The normalized spacial score (nSPS) is 24.3. The number of carbonyl (C=O) groups excluding carboxylic acids is 1. The Labute approximate surface area is 164 Å². The predicted molar refractivity (Wildman–Crippen MR) is 101 cm³/mol. The van der Waals surface area contributed by atoms with Crippen molar-refractivity contribution in [1.29, 1.82) is 0 Å². The Kier molecular flexibility index (Phi) is 6.22. The Hall–Kier alpha value is -1.76. The van der Waals surface area contributed by atoms with Crippen LogP contribution in [0.25, 0.3) is 0 Å². The zero-order valence-electron chi connectivity index (χ0n) is 16.7. The van der Waals surface area contributed by atoms with Crippen LogP contribution in [0.15, 0.2) is 12.1 Å². The molecule has 2 fully saturated rings. The number of nitrogens with one attached hydrogen (secondary N) is 1. The highest BCUT2D eigenvalue weighted by Gasteiger charge is 2.34. The van der Waals surface area contributed by atoms with Crippen LogP contribution in [-0.2, 0) is 11.3 Å². The number of nitrogens with zero attached hydrogens (tertiary/aromatic N) is 1. The lowest BCUT2D eigenvalue weighted by Crippen LogP contribution is -2.39. The number of carbonyl (C=O) groups is 1. The molecule has 2 saturated heterocycles. The van der Waals surface area contributed by atoms with E-state index in [4.69, 9.17) is 4.74 Å². The van der Waals surface area contributed by atoms with Gasteiger partial charge in [0, 0.05) is 32.1 Å². The van der Waals surface area contributed by atoms with E-state index in [1.807, 2.05) is 0 Å². The number of hydrogen-bond donors (Lipinski definition) is 1. The summed E-state index contributed by atoms with van der Waals surface area (Å²) in [4.78, 5) is 14.4. The van der Waals surface area contributed by atoms with Crippen molar-refractivity contribution < 1.29 is 22.7 Å².